The number of hydrogen-bond donors (Lipinski definition) is 0. The summed E-state index contributed by atoms with van der Waals surface area (Å²) in [5.74, 6) is -3.20. The first kappa shape index (κ1) is 51.4. The molecular weight excluding hydrogens is 956 g/mol. The summed E-state index contributed by atoms with van der Waals surface area (Å²) in [6.07, 6.45) is -0.318. The van der Waals surface area contributed by atoms with Gasteiger partial charge in [-0.1, -0.05) is 273 Å². The minimum Gasteiger partial charge on any atom is -0.550 e. The third-order valence-corrected chi connectivity index (χ3v) is 12.6. The molecule has 6 nitrogen and oxygen atoms in total. The molecule has 348 valence electrons. The zero-order chi connectivity index (χ0) is 48.4. The average molecular weight is 1010 g/mol. The third kappa shape index (κ3) is 11.8. The minimum atomic E-state index is -1.07. The second-order valence-corrected chi connectivity index (χ2v) is 16.7. The van der Waals surface area contributed by atoms with Crippen molar-refractivity contribution < 1.29 is 49.2 Å². The largest absolute Gasteiger partial charge is 3.00 e. The maximum atomic E-state index is 11.6. The van der Waals surface area contributed by atoms with Gasteiger partial charge in [-0.3, -0.25) is 0 Å². The average Bonchev–Trinajstić information content (AvgIpc) is 3.41. The quantitative estimate of drug-likeness (QED) is 0.0746. The molecule has 0 unspecified atom stereocenters. The Morgan fingerprint density at radius 2 is 0.329 bits per heavy atom. The number of carbonyl (C=O) groups excluding carboxylic acids is 3. The van der Waals surface area contributed by atoms with Crippen LogP contribution in [0, 0.1) is 0 Å². The molecule has 0 heterocycles. The van der Waals surface area contributed by atoms with Crippen LogP contribution in [0.2, 0.25) is 0 Å². The summed E-state index contributed by atoms with van der Waals surface area (Å²) in [6, 6.07) is 87.8. The Labute approximate surface area is 423 Å². The van der Waals surface area contributed by atoms with E-state index in [1.54, 1.807) is 0 Å². The second-order valence-electron chi connectivity index (χ2n) is 16.7. The fraction of sp³-hybridized carbons (Fsp3) is 0.0952. The summed E-state index contributed by atoms with van der Waals surface area (Å²) < 4.78 is 0. The van der Waals surface area contributed by atoms with Crippen LogP contribution < -0.4 is 15.3 Å². The van der Waals surface area contributed by atoms with Gasteiger partial charge in [-0.2, -0.15) is 0 Å². The van der Waals surface area contributed by atoms with Crippen molar-refractivity contribution in [3.05, 3.63) is 323 Å². The summed E-state index contributed by atoms with van der Waals surface area (Å²) >= 11 is 0. The van der Waals surface area contributed by atoms with E-state index < -0.39 is 34.2 Å². The zero-order valence-electron chi connectivity index (χ0n) is 38.4. The molecule has 0 N–H and O–H groups in total. The van der Waals surface area contributed by atoms with Crippen LogP contribution in [0.1, 0.15) is 69.3 Å². The normalized spacial score (nSPS) is 11.0. The smallest absolute Gasteiger partial charge is 0.550 e. The Balaban J connectivity index is 0.000000171. The van der Waals surface area contributed by atoms with Crippen molar-refractivity contribution in [3.63, 3.8) is 0 Å². The van der Waals surface area contributed by atoms with Crippen LogP contribution in [-0.4, -0.2) is 17.9 Å². The summed E-state index contributed by atoms with van der Waals surface area (Å²) in [6.45, 7) is 0. The Morgan fingerprint density at radius 1 is 0.229 bits per heavy atom. The minimum absolute atomic E-state index is 0. The van der Waals surface area contributed by atoms with Crippen molar-refractivity contribution >= 4 is 17.9 Å². The molecule has 0 saturated carbocycles. The predicted octanol–water partition coefficient (Wildman–Crippen LogP) is 9.48. The molecule has 0 aliphatic heterocycles. The van der Waals surface area contributed by atoms with Gasteiger partial charge in [0, 0.05) is 37.2 Å². The molecule has 9 rings (SSSR count). The van der Waals surface area contributed by atoms with Crippen LogP contribution in [0.15, 0.2) is 273 Å². The summed E-state index contributed by atoms with van der Waals surface area (Å²) in [4.78, 5) is 34.9. The Bertz CT molecular complexity index is 2340. The zero-order valence-corrected chi connectivity index (χ0v) is 40.0. The first-order valence-corrected chi connectivity index (χ1v) is 22.8. The Morgan fingerprint density at radius 3 is 0.414 bits per heavy atom. The molecule has 0 spiro atoms. The van der Waals surface area contributed by atoms with Gasteiger partial charge in [-0.25, -0.2) is 0 Å². The van der Waals surface area contributed by atoms with E-state index in [0.717, 1.165) is 50.1 Å². The molecule has 0 bridgehead atoms. The van der Waals surface area contributed by atoms with Gasteiger partial charge in [0.05, 0.1) is 16.2 Å². The van der Waals surface area contributed by atoms with Crippen molar-refractivity contribution in [2.45, 2.75) is 35.5 Å². The number of carboxylic acids is 3. The molecule has 0 fully saturated rings. The monoisotopic (exact) mass is 1010 g/mol. The maximum absolute atomic E-state index is 11.6. The van der Waals surface area contributed by atoms with Crippen LogP contribution in [0.5, 0.6) is 0 Å². The van der Waals surface area contributed by atoms with Crippen LogP contribution >= 0.6 is 0 Å². The molecule has 0 amide bonds. The van der Waals surface area contributed by atoms with E-state index in [2.05, 4.69) is 0 Å². The van der Waals surface area contributed by atoms with Gasteiger partial charge >= 0.3 is 19.5 Å². The maximum Gasteiger partial charge on any atom is 3.00 e. The summed E-state index contributed by atoms with van der Waals surface area (Å²) in [5, 5.41) is 34.9. The Kier molecular flexibility index (Phi) is 18.3. The molecule has 9 aromatic rings. The Hall–Kier alpha value is -7.99. The molecule has 7 heteroatoms. The number of benzene rings is 9. The van der Waals surface area contributed by atoms with Gasteiger partial charge in [-0.05, 0) is 50.1 Å². The molecule has 0 aromatic heterocycles. The fourth-order valence-electron chi connectivity index (χ4n) is 9.57. The first-order valence-electron chi connectivity index (χ1n) is 22.8. The third-order valence-electron chi connectivity index (χ3n) is 12.6. The van der Waals surface area contributed by atoms with Gasteiger partial charge in [0.1, 0.15) is 0 Å². The van der Waals surface area contributed by atoms with Gasteiger partial charge in [-0.15, -0.1) is 0 Å². The van der Waals surface area contributed by atoms with E-state index in [0.29, 0.717) is 0 Å². The van der Waals surface area contributed by atoms with Crippen LogP contribution in [-0.2, 0) is 50.1 Å². The summed E-state index contributed by atoms with van der Waals surface area (Å²) in [7, 11) is 0. The standard InChI is InChI=1S/3C21H18O2.Rh/c3*22-20(23)16-21(17-10-4-1-5-11-17,18-12-6-2-7-13-18)19-14-8-3-9-15-19;/h3*1-15H,16H2,(H,22,23);/q;;;+3/p-3. The number of hydrogen-bond acceptors (Lipinski definition) is 6. The van der Waals surface area contributed by atoms with E-state index in [9.17, 15) is 29.7 Å². The molecule has 0 atom stereocenters. The summed E-state index contributed by atoms with van der Waals surface area (Å²) in [5.41, 5.74) is 6.23. The predicted molar refractivity (Wildman–Crippen MR) is 266 cm³/mol. The number of rotatable bonds is 15. The molecule has 0 aliphatic rings. The van der Waals surface area contributed by atoms with Crippen molar-refractivity contribution in [1.29, 1.82) is 0 Å². The van der Waals surface area contributed by atoms with Crippen LogP contribution in [0.3, 0.4) is 0 Å². The number of aliphatic carboxylic acids is 3. The van der Waals surface area contributed by atoms with Crippen LogP contribution in [0.4, 0.5) is 0 Å². The fourth-order valence-corrected chi connectivity index (χ4v) is 9.57. The van der Waals surface area contributed by atoms with E-state index >= 15 is 0 Å². The topological polar surface area (TPSA) is 120 Å². The van der Waals surface area contributed by atoms with Crippen molar-refractivity contribution in [3.8, 4) is 0 Å². The van der Waals surface area contributed by atoms with E-state index in [4.69, 9.17) is 0 Å². The van der Waals surface area contributed by atoms with Gasteiger partial charge < -0.3 is 29.7 Å². The first-order chi connectivity index (χ1) is 33.7. The molecule has 0 radical (unpaired) electrons. The molecule has 70 heavy (non-hydrogen) atoms. The van der Waals surface area contributed by atoms with Gasteiger partial charge in [0.2, 0.25) is 0 Å². The number of carboxylic acid groups (broad SMARTS) is 3. The molecule has 0 aliphatic carbocycles. The molecule has 0 saturated heterocycles. The van der Waals surface area contributed by atoms with Crippen molar-refractivity contribution in [2.75, 3.05) is 0 Å². The van der Waals surface area contributed by atoms with Gasteiger partial charge in [0.15, 0.2) is 0 Å². The van der Waals surface area contributed by atoms with Gasteiger partial charge in [0.25, 0.3) is 0 Å². The van der Waals surface area contributed by atoms with Crippen LogP contribution in [0.25, 0.3) is 0 Å². The van der Waals surface area contributed by atoms with Crippen molar-refractivity contribution in [2.24, 2.45) is 0 Å². The second kappa shape index (κ2) is 24.9. The SMILES string of the molecule is O=C([O-])CC(c1ccccc1)(c1ccccc1)c1ccccc1.O=C([O-])CC(c1ccccc1)(c1ccccc1)c1ccccc1.O=C([O-])CC(c1ccccc1)(c1ccccc1)c1ccccc1.[Rh+3]. The van der Waals surface area contributed by atoms with E-state index in [1.165, 1.54) is 0 Å². The number of carbonyl (C=O) groups is 3. The molecular formula is C63H51O6Rh. The van der Waals surface area contributed by atoms with E-state index in [-0.39, 0.29) is 38.7 Å². The molecule has 9 aromatic carbocycles. The van der Waals surface area contributed by atoms with Crippen molar-refractivity contribution in [1.82, 2.24) is 0 Å². The van der Waals surface area contributed by atoms with E-state index in [1.807, 2.05) is 273 Å².